The molecule has 1 aliphatic heterocycles. The smallest absolute Gasteiger partial charge is 0.475 e. The van der Waals surface area contributed by atoms with Crippen molar-refractivity contribution in [3.63, 3.8) is 0 Å². The van der Waals surface area contributed by atoms with Crippen LogP contribution in [-0.4, -0.2) is 47.3 Å². The Kier molecular flexibility index (Phi) is 7.73. The number of aryl methyl sites for hydroxylation is 1. The second kappa shape index (κ2) is 9.29. The maximum atomic E-state index is 12.0. The van der Waals surface area contributed by atoms with Gasteiger partial charge in [0.25, 0.3) is 0 Å². The molecule has 0 bridgehead atoms. The van der Waals surface area contributed by atoms with Gasteiger partial charge in [-0.15, -0.1) is 0 Å². The van der Waals surface area contributed by atoms with E-state index in [0.29, 0.717) is 5.56 Å². The van der Waals surface area contributed by atoms with Crippen LogP contribution in [0.25, 0.3) is 0 Å². The van der Waals surface area contributed by atoms with Gasteiger partial charge in [0.2, 0.25) is 5.91 Å². The molecule has 0 aliphatic carbocycles. The molecule has 1 saturated heterocycles. The summed E-state index contributed by atoms with van der Waals surface area (Å²) in [6.45, 7) is 2.73. The van der Waals surface area contributed by atoms with E-state index in [4.69, 9.17) is 15.2 Å². The minimum atomic E-state index is -5.08. The number of anilines is 1. The molecular weight excluding hydrogens is 359 g/mol. The summed E-state index contributed by atoms with van der Waals surface area (Å²) in [5.41, 5.74) is 2.26. The first-order valence-electron chi connectivity index (χ1n) is 7.08. The molecule has 10 heteroatoms. The molecule has 1 amide bonds. The number of amides is 1. The molecule has 1 aliphatic rings. The number of thioether (sulfide) groups is 1. The fraction of sp³-hybridized carbons (Fsp3) is 0.400. The average molecular weight is 375 g/mol. The van der Waals surface area contributed by atoms with E-state index in [1.54, 1.807) is 23.9 Å². The lowest BCUT2D eigenvalue weighted by atomic mass is 10.1. The van der Waals surface area contributed by atoms with E-state index in [1.807, 2.05) is 13.0 Å². The van der Waals surface area contributed by atoms with Crippen LogP contribution < -0.4 is 10.6 Å². The van der Waals surface area contributed by atoms with Gasteiger partial charge in [0.05, 0.1) is 17.7 Å². The van der Waals surface area contributed by atoms with E-state index in [0.717, 1.165) is 29.3 Å². The van der Waals surface area contributed by atoms with Crippen LogP contribution >= 0.6 is 11.8 Å². The highest BCUT2D eigenvalue weighted by Gasteiger charge is 2.38. The highest BCUT2D eigenvalue weighted by molar-refractivity contribution is 7.99. The van der Waals surface area contributed by atoms with Gasteiger partial charge in [-0.05, 0) is 30.7 Å². The van der Waals surface area contributed by atoms with Crippen LogP contribution in [0.5, 0.6) is 0 Å². The standard InChI is InChI=1S/C13H15N3OS.C2HF3O2/c1-9-6-11(3-2-10(9)7-14)16-13(17)12-8-18-5-4-15-12;3-2(4,5)1(6)7/h2-3,6,12,15H,4-5,8H2,1H3,(H,16,17);(H,6,7). The van der Waals surface area contributed by atoms with E-state index >= 15 is 0 Å². The Labute approximate surface area is 146 Å². The van der Waals surface area contributed by atoms with Crippen LogP contribution in [0.2, 0.25) is 0 Å². The van der Waals surface area contributed by atoms with E-state index < -0.39 is 12.1 Å². The van der Waals surface area contributed by atoms with Gasteiger partial charge in [-0.2, -0.15) is 30.2 Å². The lowest BCUT2D eigenvalue weighted by Gasteiger charge is -2.22. The molecule has 6 nitrogen and oxygen atoms in total. The topological polar surface area (TPSA) is 102 Å². The summed E-state index contributed by atoms with van der Waals surface area (Å²) in [7, 11) is 0. The van der Waals surface area contributed by atoms with Crippen LogP contribution in [0.1, 0.15) is 11.1 Å². The number of carbonyl (C=O) groups excluding carboxylic acids is 1. The number of benzene rings is 1. The number of hydrogen-bond donors (Lipinski definition) is 3. The Hall–Kier alpha value is -2.25. The maximum absolute atomic E-state index is 12.0. The Morgan fingerprint density at radius 1 is 1.44 bits per heavy atom. The number of nitriles is 1. The fourth-order valence-corrected chi connectivity index (χ4v) is 2.76. The number of aliphatic carboxylic acids is 1. The molecule has 1 aromatic carbocycles. The SMILES string of the molecule is Cc1cc(NC(=O)C2CSCCN2)ccc1C#N.O=C(O)C(F)(F)F. The largest absolute Gasteiger partial charge is 0.490 e. The van der Waals surface area contributed by atoms with E-state index in [9.17, 15) is 18.0 Å². The Balaban J connectivity index is 0.000000381. The summed E-state index contributed by atoms with van der Waals surface area (Å²) < 4.78 is 31.7. The number of carbonyl (C=O) groups is 2. The average Bonchev–Trinajstić information content (AvgIpc) is 2.55. The third kappa shape index (κ3) is 7.03. The first kappa shape index (κ1) is 20.8. The van der Waals surface area contributed by atoms with Crippen LogP contribution in [0.4, 0.5) is 18.9 Å². The van der Waals surface area contributed by atoms with Crippen molar-refractivity contribution >= 4 is 29.3 Å². The lowest BCUT2D eigenvalue weighted by molar-refractivity contribution is -0.192. The van der Waals surface area contributed by atoms with Gasteiger partial charge in [0, 0.05) is 23.7 Å². The van der Waals surface area contributed by atoms with Crippen molar-refractivity contribution in [2.45, 2.75) is 19.1 Å². The molecule has 1 unspecified atom stereocenters. The van der Waals surface area contributed by atoms with Gasteiger partial charge in [-0.3, -0.25) is 4.79 Å². The number of nitrogens with one attached hydrogen (secondary N) is 2. The molecule has 1 atom stereocenters. The number of carboxylic acid groups (broad SMARTS) is 1. The van der Waals surface area contributed by atoms with E-state index in [-0.39, 0.29) is 11.9 Å². The predicted molar refractivity (Wildman–Crippen MR) is 87.3 cm³/mol. The monoisotopic (exact) mass is 375 g/mol. The van der Waals surface area contributed by atoms with Crippen molar-refractivity contribution in [2.24, 2.45) is 0 Å². The number of hydrogen-bond acceptors (Lipinski definition) is 5. The lowest BCUT2D eigenvalue weighted by Crippen LogP contribution is -2.46. The summed E-state index contributed by atoms with van der Waals surface area (Å²) >= 11 is 1.78. The molecule has 0 radical (unpaired) electrons. The fourth-order valence-electron chi connectivity index (χ4n) is 1.83. The minimum absolute atomic E-state index is 0.00805. The van der Waals surface area contributed by atoms with Crippen molar-refractivity contribution in [1.82, 2.24) is 5.32 Å². The molecule has 25 heavy (non-hydrogen) atoms. The Bertz CT molecular complexity index is 668. The maximum Gasteiger partial charge on any atom is 0.490 e. The van der Waals surface area contributed by atoms with Crippen LogP contribution in [0.3, 0.4) is 0 Å². The van der Waals surface area contributed by atoms with Crippen molar-refractivity contribution in [3.05, 3.63) is 29.3 Å². The second-order valence-electron chi connectivity index (χ2n) is 5.02. The highest BCUT2D eigenvalue weighted by atomic mass is 32.2. The van der Waals surface area contributed by atoms with Crippen molar-refractivity contribution in [3.8, 4) is 6.07 Å². The van der Waals surface area contributed by atoms with Gasteiger partial charge in [0.15, 0.2) is 0 Å². The molecule has 1 aromatic rings. The molecular formula is C15H16F3N3O3S. The molecule has 0 spiro atoms. The zero-order valence-electron chi connectivity index (χ0n) is 13.2. The summed E-state index contributed by atoms with van der Waals surface area (Å²) in [6, 6.07) is 7.30. The zero-order valence-corrected chi connectivity index (χ0v) is 14.0. The normalized spacial score (nSPS) is 16.8. The van der Waals surface area contributed by atoms with Gasteiger partial charge in [0.1, 0.15) is 0 Å². The van der Waals surface area contributed by atoms with Gasteiger partial charge < -0.3 is 15.7 Å². The molecule has 1 heterocycles. The summed E-state index contributed by atoms with van der Waals surface area (Å²) in [5.74, 6) is -0.903. The predicted octanol–water partition coefficient (Wildman–Crippen LogP) is 2.14. The van der Waals surface area contributed by atoms with E-state index in [2.05, 4.69) is 16.7 Å². The molecule has 0 aromatic heterocycles. The number of carboxylic acids is 1. The third-order valence-corrected chi connectivity index (χ3v) is 4.16. The first-order valence-corrected chi connectivity index (χ1v) is 8.23. The van der Waals surface area contributed by atoms with Gasteiger partial charge in [-0.1, -0.05) is 0 Å². The zero-order chi connectivity index (χ0) is 19.0. The Morgan fingerprint density at radius 3 is 2.52 bits per heavy atom. The minimum Gasteiger partial charge on any atom is -0.475 e. The number of alkyl halides is 3. The first-order chi connectivity index (χ1) is 11.6. The molecule has 136 valence electrons. The second-order valence-corrected chi connectivity index (χ2v) is 6.17. The van der Waals surface area contributed by atoms with Crippen LogP contribution in [0, 0.1) is 18.3 Å². The number of halogens is 3. The summed E-state index contributed by atoms with van der Waals surface area (Å²) in [4.78, 5) is 20.9. The van der Waals surface area contributed by atoms with Crippen molar-refractivity contribution < 1.29 is 27.9 Å². The van der Waals surface area contributed by atoms with Crippen molar-refractivity contribution in [2.75, 3.05) is 23.4 Å². The van der Waals surface area contributed by atoms with Crippen molar-refractivity contribution in [1.29, 1.82) is 5.26 Å². The quantitative estimate of drug-likeness (QED) is 0.732. The van der Waals surface area contributed by atoms with Crippen LogP contribution in [-0.2, 0) is 9.59 Å². The summed E-state index contributed by atoms with van der Waals surface area (Å²) in [6.07, 6.45) is -5.08. The highest BCUT2D eigenvalue weighted by Crippen LogP contribution is 2.16. The molecule has 1 fully saturated rings. The third-order valence-electron chi connectivity index (χ3n) is 3.10. The van der Waals surface area contributed by atoms with E-state index in [1.165, 1.54) is 0 Å². The number of rotatable bonds is 2. The Morgan fingerprint density at radius 2 is 2.08 bits per heavy atom. The summed E-state index contributed by atoms with van der Waals surface area (Å²) in [5, 5.41) is 22.0. The molecule has 2 rings (SSSR count). The number of nitrogens with zero attached hydrogens (tertiary/aromatic N) is 1. The van der Waals surface area contributed by atoms with Gasteiger partial charge >= 0.3 is 12.1 Å². The molecule has 0 saturated carbocycles. The van der Waals surface area contributed by atoms with Crippen LogP contribution in [0.15, 0.2) is 18.2 Å². The van der Waals surface area contributed by atoms with Gasteiger partial charge in [-0.25, -0.2) is 4.79 Å². The molecule has 3 N–H and O–H groups in total.